The maximum Gasteiger partial charge on any atom is 0.407 e. The maximum absolute atomic E-state index is 13.1. The van der Waals surface area contributed by atoms with Crippen LogP contribution in [0.4, 0.5) is 9.59 Å². The summed E-state index contributed by atoms with van der Waals surface area (Å²) in [5.74, 6) is -1.77. The van der Waals surface area contributed by atoms with Gasteiger partial charge in [-0.3, -0.25) is 9.59 Å². The molecule has 0 aromatic heterocycles. The first kappa shape index (κ1) is 34.3. The Morgan fingerprint density at radius 1 is 0.688 bits per heavy atom. The molecule has 2 N–H and O–H groups in total. The van der Waals surface area contributed by atoms with Gasteiger partial charge in [0.25, 0.3) is 0 Å². The molecule has 6 atom stereocenters. The second kappa shape index (κ2) is 17.2. The SMILES string of the molecule is CO[C@H]1O[C@H]2CO[C@H](c3ccccc3)O[C@H]2[C@@H](OC(=O)CNC(=O)OCc2ccccc2)[C@@H]1OC(=O)CNC(=O)OCc1ccccc1. The summed E-state index contributed by atoms with van der Waals surface area (Å²) >= 11 is 0. The van der Waals surface area contributed by atoms with Crippen molar-refractivity contribution in [3.8, 4) is 0 Å². The van der Waals surface area contributed by atoms with Crippen molar-refractivity contribution in [3.63, 3.8) is 0 Å². The van der Waals surface area contributed by atoms with Gasteiger partial charge in [-0.05, 0) is 11.1 Å². The highest BCUT2D eigenvalue weighted by Crippen LogP contribution is 2.36. The monoisotopic (exact) mass is 664 g/mol. The fourth-order valence-electron chi connectivity index (χ4n) is 5.00. The summed E-state index contributed by atoms with van der Waals surface area (Å²) in [6.07, 6.45) is -8.10. The summed E-state index contributed by atoms with van der Waals surface area (Å²) in [6.45, 7) is -1.09. The van der Waals surface area contributed by atoms with Crippen LogP contribution in [0.3, 0.4) is 0 Å². The van der Waals surface area contributed by atoms with E-state index in [1.54, 1.807) is 60.7 Å². The Labute approximate surface area is 276 Å². The van der Waals surface area contributed by atoms with E-state index in [4.69, 9.17) is 37.9 Å². The van der Waals surface area contributed by atoms with Crippen molar-refractivity contribution in [1.29, 1.82) is 0 Å². The van der Waals surface area contributed by atoms with Gasteiger partial charge in [-0.15, -0.1) is 0 Å². The van der Waals surface area contributed by atoms with Gasteiger partial charge >= 0.3 is 24.1 Å². The van der Waals surface area contributed by atoms with Crippen molar-refractivity contribution < 1.29 is 57.1 Å². The normalized spacial score (nSPS) is 23.1. The van der Waals surface area contributed by atoms with Crippen LogP contribution in [0, 0.1) is 0 Å². The number of amides is 2. The Bertz CT molecular complexity index is 1490. The first-order valence-corrected chi connectivity index (χ1v) is 15.2. The lowest BCUT2D eigenvalue weighted by Crippen LogP contribution is -2.64. The zero-order valence-electron chi connectivity index (χ0n) is 26.1. The average molecular weight is 665 g/mol. The minimum atomic E-state index is -1.34. The van der Waals surface area contributed by atoms with Crippen molar-refractivity contribution in [2.45, 2.75) is 50.2 Å². The van der Waals surface area contributed by atoms with E-state index in [1.165, 1.54) is 7.11 Å². The fourth-order valence-corrected chi connectivity index (χ4v) is 5.00. The maximum atomic E-state index is 13.1. The summed E-state index contributed by atoms with van der Waals surface area (Å²) in [5, 5.41) is 4.69. The third-order valence-electron chi connectivity index (χ3n) is 7.30. The largest absolute Gasteiger partial charge is 0.454 e. The van der Waals surface area contributed by atoms with Crippen LogP contribution in [0.5, 0.6) is 0 Å². The average Bonchev–Trinajstić information content (AvgIpc) is 3.13. The van der Waals surface area contributed by atoms with Gasteiger partial charge < -0.3 is 48.5 Å². The van der Waals surface area contributed by atoms with Gasteiger partial charge in [-0.25, -0.2) is 9.59 Å². The third-order valence-corrected chi connectivity index (χ3v) is 7.30. The summed E-state index contributed by atoms with van der Waals surface area (Å²) < 4.78 is 45.3. The molecule has 0 spiro atoms. The lowest BCUT2D eigenvalue weighted by Gasteiger charge is -2.47. The molecule has 2 aliphatic heterocycles. The molecule has 14 nitrogen and oxygen atoms in total. The molecule has 3 aromatic carbocycles. The summed E-state index contributed by atoms with van der Waals surface area (Å²) in [6, 6.07) is 27.1. The molecular weight excluding hydrogens is 628 g/mol. The van der Waals surface area contributed by atoms with Gasteiger partial charge in [-0.1, -0.05) is 91.0 Å². The summed E-state index contributed by atoms with van der Waals surface area (Å²) in [5.41, 5.74) is 2.23. The van der Waals surface area contributed by atoms with Crippen LogP contribution in [0.1, 0.15) is 23.0 Å². The molecule has 2 saturated heterocycles. The van der Waals surface area contributed by atoms with E-state index in [0.29, 0.717) is 5.56 Å². The molecule has 5 rings (SSSR count). The molecular formula is C34H36N2O12. The van der Waals surface area contributed by atoms with Crippen molar-refractivity contribution in [2.24, 2.45) is 0 Å². The summed E-state index contributed by atoms with van der Waals surface area (Å²) in [7, 11) is 1.32. The Hall–Kier alpha value is -5.02. The first-order valence-electron chi connectivity index (χ1n) is 15.2. The number of ether oxygens (including phenoxy) is 8. The van der Waals surface area contributed by atoms with E-state index in [0.717, 1.165) is 11.1 Å². The fraction of sp³-hybridized carbons (Fsp3) is 0.353. The molecule has 3 aromatic rings. The molecule has 254 valence electrons. The molecule has 0 saturated carbocycles. The second-order valence-electron chi connectivity index (χ2n) is 10.7. The van der Waals surface area contributed by atoms with Gasteiger partial charge in [0.15, 0.2) is 24.8 Å². The molecule has 2 amide bonds. The predicted octanol–water partition coefficient (Wildman–Crippen LogP) is 3.15. The Kier molecular flexibility index (Phi) is 12.3. The molecule has 2 heterocycles. The number of methoxy groups -OCH3 is 1. The van der Waals surface area contributed by atoms with E-state index in [2.05, 4.69) is 10.6 Å². The Morgan fingerprint density at radius 3 is 1.71 bits per heavy atom. The number of rotatable bonds is 12. The van der Waals surface area contributed by atoms with Gasteiger partial charge in [0.2, 0.25) is 0 Å². The van der Waals surface area contributed by atoms with Gasteiger partial charge in [0.1, 0.15) is 38.5 Å². The number of hydrogen-bond acceptors (Lipinski definition) is 12. The smallest absolute Gasteiger partial charge is 0.407 e. The summed E-state index contributed by atoms with van der Waals surface area (Å²) in [4.78, 5) is 50.5. The molecule has 2 aliphatic rings. The van der Waals surface area contributed by atoms with Gasteiger partial charge in [-0.2, -0.15) is 0 Å². The number of carbonyl (C=O) groups is 4. The molecule has 48 heavy (non-hydrogen) atoms. The van der Waals surface area contributed by atoms with E-state index in [-0.39, 0.29) is 19.8 Å². The van der Waals surface area contributed by atoms with Crippen LogP contribution < -0.4 is 10.6 Å². The minimum Gasteiger partial charge on any atom is -0.454 e. The highest BCUT2D eigenvalue weighted by molar-refractivity contribution is 5.79. The number of fused-ring (bicyclic) bond motifs is 1. The van der Waals surface area contributed by atoms with Crippen LogP contribution in [0.15, 0.2) is 91.0 Å². The zero-order chi connectivity index (χ0) is 33.7. The van der Waals surface area contributed by atoms with Crippen molar-refractivity contribution in [2.75, 3.05) is 26.8 Å². The minimum absolute atomic E-state index is 0.000847. The third kappa shape index (κ3) is 9.75. The highest BCUT2D eigenvalue weighted by atomic mass is 16.8. The number of carbonyl (C=O) groups excluding carboxylic acids is 4. The van der Waals surface area contributed by atoms with E-state index in [1.807, 2.05) is 30.3 Å². The number of alkyl carbamates (subject to hydrolysis) is 2. The molecule has 2 fully saturated rings. The lowest BCUT2D eigenvalue weighted by atomic mass is 9.97. The van der Waals surface area contributed by atoms with Crippen LogP contribution in [-0.2, 0) is 60.7 Å². The number of benzene rings is 3. The Morgan fingerprint density at radius 2 is 1.19 bits per heavy atom. The van der Waals surface area contributed by atoms with Gasteiger partial charge in [0, 0.05) is 12.7 Å². The second-order valence-corrected chi connectivity index (χ2v) is 10.7. The van der Waals surface area contributed by atoms with Gasteiger partial charge in [0.05, 0.1) is 6.61 Å². The van der Waals surface area contributed by atoms with Crippen LogP contribution in [0.2, 0.25) is 0 Å². The molecule has 0 aliphatic carbocycles. The van der Waals surface area contributed by atoms with Crippen molar-refractivity contribution in [3.05, 3.63) is 108 Å². The first-order chi connectivity index (χ1) is 23.4. The molecule has 0 bridgehead atoms. The molecule has 14 heteroatoms. The Balaban J connectivity index is 1.23. The van der Waals surface area contributed by atoms with E-state index in [9.17, 15) is 19.2 Å². The number of nitrogens with one attached hydrogen (secondary N) is 2. The molecule has 0 radical (unpaired) electrons. The van der Waals surface area contributed by atoms with E-state index < -0.39 is 74.2 Å². The van der Waals surface area contributed by atoms with Crippen molar-refractivity contribution >= 4 is 24.1 Å². The van der Waals surface area contributed by atoms with Crippen LogP contribution in [-0.4, -0.2) is 81.6 Å². The number of hydrogen-bond donors (Lipinski definition) is 2. The zero-order valence-corrected chi connectivity index (χ0v) is 26.1. The molecule has 0 unspecified atom stereocenters. The topological polar surface area (TPSA) is 166 Å². The lowest BCUT2D eigenvalue weighted by molar-refractivity contribution is -0.359. The quantitative estimate of drug-likeness (QED) is 0.215. The predicted molar refractivity (Wildman–Crippen MR) is 165 cm³/mol. The standard InChI is InChI=1S/C34H36N2O12/c1-41-32-30(47-27(38)18-36-34(40)44-20-23-13-7-3-8-14-23)29(28-25(45-32)21-42-31(48-28)24-15-9-4-10-16-24)46-26(37)17-35-33(39)43-19-22-11-5-2-6-12-22/h2-16,25,28-32H,17-21H2,1H3,(H,35,39)(H,36,40)/t25-,28+,29+,30-,31-,32-/m0/s1. The van der Waals surface area contributed by atoms with Crippen molar-refractivity contribution in [1.82, 2.24) is 10.6 Å². The number of esters is 2. The van der Waals surface area contributed by atoms with Crippen LogP contribution in [0.25, 0.3) is 0 Å². The van der Waals surface area contributed by atoms with Crippen LogP contribution >= 0.6 is 0 Å². The highest BCUT2D eigenvalue weighted by Gasteiger charge is 2.54. The van der Waals surface area contributed by atoms with E-state index >= 15 is 0 Å².